The van der Waals surface area contributed by atoms with Crippen molar-refractivity contribution in [3.8, 4) is 5.88 Å². The molecule has 0 atom stereocenters. The normalized spacial score (nSPS) is 11.1. The number of carbonyl (C=O) groups excluding carboxylic acids is 1. The first-order chi connectivity index (χ1) is 6.45. The van der Waals surface area contributed by atoms with Crippen LogP contribution in [0.25, 0.3) is 0 Å². The Morgan fingerprint density at radius 1 is 1.43 bits per heavy atom. The Labute approximate surface area is 77.5 Å². The summed E-state index contributed by atoms with van der Waals surface area (Å²) in [5, 5.41) is 0. The van der Waals surface area contributed by atoms with E-state index in [0.29, 0.717) is 0 Å². The minimum Gasteiger partial charge on any atom is -0.481 e. The molecule has 0 radical (unpaired) electrons. The molecule has 3 nitrogen and oxygen atoms in total. The predicted octanol–water partition coefficient (Wildman–Crippen LogP) is 1.84. The molecule has 76 valence electrons. The van der Waals surface area contributed by atoms with Gasteiger partial charge in [0.25, 0.3) is 5.78 Å². The molecule has 0 aliphatic rings. The Morgan fingerprint density at radius 2 is 2.07 bits per heavy atom. The van der Waals surface area contributed by atoms with Gasteiger partial charge in [0.05, 0.1) is 7.11 Å². The van der Waals surface area contributed by atoms with E-state index in [0.717, 1.165) is 6.07 Å². The summed E-state index contributed by atoms with van der Waals surface area (Å²) in [6.07, 6.45) is -4.90. The Balaban J connectivity index is 3.02. The van der Waals surface area contributed by atoms with Gasteiger partial charge in [0.1, 0.15) is 5.69 Å². The monoisotopic (exact) mass is 205 g/mol. The maximum atomic E-state index is 11.9. The molecule has 0 saturated heterocycles. The van der Waals surface area contributed by atoms with E-state index in [1.54, 1.807) is 0 Å². The van der Waals surface area contributed by atoms with Gasteiger partial charge in [-0.2, -0.15) is 13.2 Å². The third kappa shape index (κ3) is 2.21. The van der Waals surface area contributed by atoms with Crippen LogP contribution in [0.4, 0.5) is 13.2 Å². The zero-order valence-corrected chi connectivity index (χ0v) is 7.13. The molecule has 0 aromatic carbocycles. The van der Waals surface area contributed by atoms with Gasteiger partial charge < -0.3 is 4.74 Å². The van der Waals surface area contributed by atoms with Crippen LogP contribution in [0.3, 0.4) is 0 Å². The summed E-state index contributed by atoms with van der Waals surface area (Å²) in [5.41, 5.74) is -0.670. The Bertz CT molecular complexity index is 349. The largest absolute Gasteiger partial charge is 0.481 e. The standard InChI is InChI=1S/C8H6F3NO2/c1-14-6-4-2-3-5(12-6)7(13)8(9,10)11/h2-4H,1H3. The highest BCUT2D eigenvalue weighted by Gasteiger charge is 2.40. The number of alkyl halides is 3. The van der Waals surface area contributed by atoms with Gasteiger partial charge in [-0.1, -0.05) is 6.07 Å². The number of pyridine rings is 1. The molecule has 14 heavy (non-hydrogen) atoms. The molecule has 6 heteroatoms. The van der Waals surface area contributed by atoms with E-state index in [4.69, 9.17) is 0 Å². The van der Waals surface area contributed by atoms with Gasteiger partial charge in [0.2, 0.25) is 5.88 Å². The van der Waals surface area contributed by atoms with Gasteiger partial charge in [0, 0.05) is 6.07 Å². The number of Topliss-reactive ketones (excluding diaryl/α,β-unsaturated/α-hetero) is 1. The zero-order valence-electron chi connectivity index (χ0n) is 7.13. The lowest BCUT2D eigenvalue weighted by Crippen LogP contribution is -2.23. The fraction of sp³-hybridized carbons (Fsp3) is 0.250. The van der Waals surface area contributed by atoms with Crippen LogP contribution in [0.15, 0.2) is 18.2 Å². The summed E-state index contributed by atoms with van der Waals surface area (Å²) < 4.78 is 40.4. The van der Waals surface area contributed by atoms with Gasteiger partial charge in [-0.25, -0.2) is 4.98 Å². The Kier molecular flexibility index (Phi) is 2.73. The van der Waals surface area contributed by atoms with Crippen LogP contribution < -0.4 is 4.74 Å². The summed E-state index contributed by atoms with van der Waals surface area (Å²) in [7, 11) is 1.25. The molecule has 0 fully saturated rings. The number of ketones is 1. The number of halogens is 3. The average Bonchev–Trinajstić information content (AvgIpc) is 2.15. The fourth-order valence-corrected chi connectivity index (χ4v) is 0.800. The summed E-state index contributed by atoms with van der Waals surface area (Å²) in [6, 6.07) is 3.61. The van der Waals surface area contributed by atoms with Crippen LogP contribution in [0, 0.1) is 0 Å². The summed E-state index contributed by atoms with van der Waals surface area (Å²) in [4.78, 5) is 14.1. The molecule has 1 aromatic heterocycles. The van der Waals surface area contributed by atoms with E-state index in [1.807, 2.05) is 0 Å². The van der Waals surface area contributed by atoms with E-state index in [1.165, 1.54) is 19.2 Å². The number of methoxy groups -OCH3 is 1. The number of ether oxygens (including phenoxy) is 1. The predicted molar refractivity (Wildman–Crippen MR) is 41.2 cm³/mol. The van der Waals surface area contributed by atoms with Crippen LogP contribution in [0.5, 0.6) is 5.88 Å². The average molecular weight is 205 g/mol. The molecular formula is C8H6F3NO2. The first-order valence-electron chi connectivity index (χ1n) is 3.57. The molecule has 0 aliphatic heterocycles. The van der Waals surface area contributed by atoms with Gasteiger partial charge in [-0.15, -0.1) is 0 Å². The van der Waals surface area contributed by atoms with Crippen LogP contribution in [-0.4, -0.2) is 24.1 Å². The van der Waals surface area contributed by atoms with E-state index in [9.17, 15) is 18.0 Å². The second kappa shape index (κ2) is 3.65. The van der Waals surface area contributed by atoms with Crippen molar-refractivity contribution in [3.63, 3.8) is 0 Å². The third-order valence-electron chi connectivity index (χ3n) is 1.42. The van der Waals surface area contributed by atoms with E-state index >= 15 is 0 Å². The summed E-state index contributed by atoms with van der Waals surface area (Å²) >= 11 is 0. The van der Waals surface area contributed by atoms with Gasteiger partial charge in [-0.05, 0) is 6.07 Å². The highest BCUT2D eigenvalue weighted by atomic mass is 19.4. The summed E-state index contributed by atoms with van der Waals surface area (Å²) in [5.74, 6) is -2.00. The smallest absolute Gasteiger partial charge is 0.456 e. The molecule has 1 aromatic rings. The number of aromatic nitrogens is 1. The molecule has 0 amide bonds. The molecule has 0 saturated carbocycles. The fourth-order valence-electron chi connectivity index (χ4n) is 0.800. The molecule has 0 aliphatic carbocycles. The van der Waals surface area contributed by atoms with E-state index in [-0.39, 0.29) is 5.88 Å². The van der Waals surface area contributed by atoms with E-state index < -0.39 is 17.7 Å². The van der Waals surface area contributed by atoms with Crippen LogP contribution >= 0.6 is 0 Å². The van der Waals surface area contributed by atoms with Gasteiger partial charge >= 0.3 is 6.18 Å². The minimum atomic E-state index is -4.90. The van der Waals surface area contributed by atoms with Gasteiger partial charge in [0.15, 0.2) is 0 Å². The Morgan fingerprint density at radius 3 is 2.57 bits per heavy atom. The molecule has 0 unspecified atom stereocenters. The first-order valence-corrected chi connectivity index (χ1v) is 3.57. The lowest BCUT2D eigenvalue weighted by Gasteiger charge is -2.05. The topological polar surface area (TPSA) is 39.2 Å². The highest BCUT2D eigenvalue weighted by molar-refractivity contribution is 5.98. The summed E-state index contributed by atoms with van der Waals surface area (Å²) in [6.45, 7) is 0. The molecule has 0 spiro atoms. The van der Waals surface area contributed by atoms with Crippen LogP contribution in [0.1, 0.15) is 10.5 Å². The van der Waals surface area contributed by atoms with Crippen molar-refractivity contribution in [2.24, 2.45) is 0 Å². The minimum absolute atomic E-state index is 0.0277. The molecule has 1 rings (SSSR count). The number of hydrogen-bond donors (Lipinski definition) is 0. The Hall–Kier alpha value is -1.59. The maximum absolute atomic E-state index is 11.9. The number of hydrogen-bond acceptors (Lipinski definition) is 3. The van der Waals surface area contributed by atoms with Crippen molar-refractivity contribution in [2.75, 3.05) is 7.11 Å². The first kappa shape index (κ1) is 10.5. The molecular weight excluding hydrogens is 199 g/mol. The lowest BCUT2D eigenvalue weighted by molar-refractivity contribution is -0.0888. The van der Waals surface area contributed by atoms with Crippen molar-refractivity contribution in [3.05, 3.63) is 23.9 Å². The second-order valence-electron chi connectivity index (χ2n) is 2.39. The van der Waals surface area contributed by atoms with Crippen LogP contribution in [-0.2, 0) is 0 Å². The molecule has 0 N–H and O–H groups in total. The molecule has 1 heterocycles. The number of carbonyl (C=O) groups is 1. The van der Waals surface area contributed by atoms with Crippen molar-refractivity contribution >= 4 is 5.78 Å². The highest BCUT2D eigenvalue weighted by Crippen LogP contribution is 2.21. The SMILES string of the molecule is COc1cccc(C(=O)C(F)(F)F)n1. The molecule has 0 bridgehead atoms. The quantitative estimate of drug-likeness (QED) is 0.691. The van der Waals surface area contributed by atoms with E-state index in [2.05, 4.69) is 9.72 Å². The number of nitrogens with zero attached hydrogens (tertiary/aromatic N) is 1. The van der Waals surface area contributed by atoms with Crippen molar-refractivity contribution in [2.45, 2.75) is 6.18 Å². The van der Waals surface area contributed by atoms with Crippen LogP contribution in [0.2, 0.25) is 0 Å². The van der Waals surface area contributed by atoms with Crippen molar-refractivity contribution < 1.29 is 22.7 Å². The van der Waals surface area contributed by atoms with Crippen molar-refractivity contribution in [1.82, 2.24) is 4.98 Å². The lowest BCUT2D eigenvalue weighted by atomic mass is 10.2. The van der Waals surface area contributed by atoms with Crippen molar-refractivity contribution in [1.29, 1.82) is 0 Å². The zero-order chi connectivity index (χ0) is 10.8. The van der Waals surface area contributed by atoms with Gasteiger partial charge in [-0.3, -0.25) is 4.79 Å². The maximum Gasteiger partial charge on any atom is 0.456 e. The number of rotatable bonds is 2. The third-order valence-corrected chi connectivity index (χ3v) is 1.42. The second-order valence-corrected chi connectivity index (χ2v) is 2.39.